The summed E-state index contributed by atoms with van der Waals surface area (Å²) in [6.45, 7) is 13.5. The van der Waals surface area contributed by atoms with Crippen LogP contribution in [0.5, 0.6) is 0 Å². The zero-order chi connectivity index (χ0) is 38.1. The van der Waals surface area contributed by atoms with Crippen molar-refractivity contribution in [3.63, 3.8) is 0 Å². The maximum atomic E-state index is 13.6. The number of anilines is 5. The lowest BCUT2D eigenvalue weighted by molar-refractivity contribution is -0.120. The van der Waals surface area contributed by atoms with Crippen molar-refractivity contribution in [2.75, 3.05) is 92.0 Å². The highest BCUT2D eigenvalue weighted by molar-refractivity contribution is 6.05. The number of amides is 3. The second-order valence-corrected chi connectivity index (χ2v) is 15.1. The molecule has 6 heterocycles. The van der Waals surface area contributed by atoms with E-state index in [-0.39, 0.29) is 34.9 Å². The highest BCUT2D eigenvalue weighted by Crippen LogP contribution is 2.32. The number of hydrogen-bond donors (Lipinski definition) is 2. The minimum atomic E-state index is -0.357. The average molecular weight is 748 g/mol. The Kier molecular flexibility index (Phi) is 10.5. The number of nitrogens with zero attached hydrogens (tertiary/aromatic N) is 9. The molecule has 3 amide bonds. The van der Waals surface area contributed by atoms with Gasteiger partial charge in [0.1, 0.15) is 11.5 Å². The van der Waals surface area contributed by atoms with Crippen LogP contribution in [0.2, 0.25) is 0 Å². The minimum Gasteiger partial charge on any atom is -0.369 e. The summed E-state index contributed by atoms with van der Waals surface area (Å²) in [5.41, 5.74) is 4.18. The molecule has 1 aromatic carbocycles. The van der Waals surface area contributed by atoms with Gasteiger partial charge < -0.3 is 15.1 Å². The molecule has 1 aliphatic carbocycles. The van der Waals surface area contributed by atoms with Gasteiger partial charge in [0.15, 0.2) is 5.78 Å². The first-order chi connectivity index (χ1) is 26.7. The number of rotatable bonds is 10. The molecule has 0 atom stereocenters. The number of pyridine rings is 2. The zero-order valence-corrected chi connectivity index (χ0v) is 31.7. The minimum absolute atomic E-state index is 0.0237. The Morgan fingerprint density at radius 2 is 1.40 bits per heavy atom. The van der Waals surface area contributed by atoms with E-state index in [0.717, 1.165) is 114 Å². The van der Waals surface area contributed by atoms with Gasteiger partial charge in [-0.1, -0.05) is 12.8 Å². The fraction of sp³-hybridized carbons (Fsp3) is 0.475. The summed E-state index contributed by atoms with van der Waals surface area (Å²) in [6.07, 6.45) is 7.80. The highest BCUT2D eigenvalue weighted by atomic mass is 16.2. The number of urea groups is 1. The molecule has 0 unspecified atom stereocenters. The van der Waals surface area contributed by atoms with Crippen molar-refractivity contribution >= 4 is 57.6 Å². The van der Waals surface area contributed by atoms with E-state index in [0.29, 0.717) is 35.9 Å². The Bertz CT molecular complexity index is 2120. The van der Waals surface area contributed by atoms with Crippen LogP contribution in [0.15, 0.2) is 53.6 Å². The number of carbonyl (C=O) groups is 3. The van der Waals surface area contributed by atoms with Crippen LogP contribution in [0.4, 0.5) is 33.6 Å². The number of aromatic nitrogens is 4. The van der Waals surface area contributed by atoms with E-state index in [1.807, 2.05) is 24.4 Å². The van der Waals surface area contributed by atoms with Gasteiger partial charge in [-0.2, -0.15) is 4.98 Å². The van der Waals surface area contributed by atoms with Gasteiger partial charge in [-0.15, -0.1) is 0 Å². The Morgan fingerprint density at radius 1 is 0.782 bits per heavy atom. The molecule has 2 N–H and O–H groups in total. The van der Waals surface area contributed by atoms with Crippen molar-refractivity contribution in [3.05, 3.63) is 70.3 Å². The molecule has 4 aliphatic rings. The molecule has 15 nitrogen and oxygen atoms in total. The van der Waals surface area contributed by atoms with Crippen molar-refractivity contribution in [2.24, 2.45) is 0 Å². The summed E-state index contributed by atoms with van der Waals surface area (Å²) in [4.78, 5) is 75.2. The van der Waals surface area contributed by atoms with Crippen LogP contribution in [0.25, 0.3) is 11.0 Å². The molecule has 0 spiro atoms. The predicted octanol–water partition coefficient (Wildman–Crippen LogP) is 3.95. The van der Waals surface area contributed by atoms with E-state index in [1.54, 1.807) is 22.6 Å². The molecule has 0 bridgehead atoms. The zero-order valence-electron chi connectivity index (χ0n) is 31.7. The number of hydrogen-bond acceptors (Lipinski definition) is 12. The molecule has 288 valence electrons. The normalized spacial score (nSPS) is 19.0. The summed E-state index contributed by atoms with van der Waals surface area (Å²) >= 11 is 0. The fourth-order valence-corrected chi connectivity index (χ4v) is 8.47. The maximum absolute atomic E-state index is 13.6. The first kappa shape index (κ1) is 36.6. The highest BCUT2D eigenvalue weighted by Gasteiger charge is 2.27. The van der Waals surface area contributed by atoms with Gasteiger partial charge in [-0.05, 0) is 68.7 Å². The third-order valence-electron chi connectivity index (χ3n) is 11.7. The molecule has 3 saturated heterocycles. The van der Waals surface area contributed by atoms with Gasteiger partial charge in [0.25, 0.3) is 5.56 Å². The fourth-order valence-electron chi connectivity index (χ4n) is 8.47. The van der Waals surface area contributed by atoms with Gasteiger partial charge in [-0.3, -0.25) is 39.0 Å². The molecule has 1 saturated carbocycles. The molecule has 4 aromatic rings. The number of carbonyl (C=O) groups excluding carboxylic acids is 3. The summed E-state index contributed by atoms with van der Waals surface area (Å²) in [5.74, 6) is 0.529. The number of Topliss-reactive ketones (excluding diaryl/α,β-unsaturated/α-hetero) is 1. The molecule has 15 heteroatoms. The van der Waals surface area contributed by atoms with Crippen molar-refractivity contribution < 1.29 is 14.4 Å². The summed E-state index contributed by atoms with van der Waals surface area (Å²) in [5, 5.41) is 6.34. The van der Waals surface area contributed by atoms with Gasteiger partial charge in [-0.25, -0.2) is 14.8 Å². The van der Waals surface area contributed by atoms with Crippen LogP contribution in [0.1, 0.15) is 61.0 Å². The number of fused-ring (bicyclic) bond motifs is 1. The van der Waals surface area contributed by atoms with Crippen molar-refractivity contribution in [3.8, 4) is 0 Å². The van der Waals surface area contributed by atoms with Crippen LogP contribution >= 0.6 is 0 Å². The number of piperazine rings is 2. The van der Waals surface area contributed by atoms with E-state index >= 15 is 0 Å². The maximum Gasteiger partial charge on any atom is 0.328 e. The molecular formula is C40H49N11O4. The summed E-state index contributed by atoms with van der Waals surface area (Å²) in [6, 6.07) is 11.7. The first-order valence-electron chi connectivity index (χ1n) is 19.5. The van der Waals surface area contributed by atoms with Gasteiger partial charge in [0.05, 0.1) is 17.4 Å². The number of nitrogens with one attached hydrogen (secondary N) is 2. The molecule has 3 aromatic heterocycles. The van der Waals surface area contributed by atoms with E-state index in [2.05, 4.69) is 58.4 Å². The standard InChI is InChI=1S/C40H49N11O4/c1-27-33-26-42-39(45-37(33)51(31-5-3-4-6-31)38(54)36(27)28(2)52)43-34-12-11-32(25-41-34)49-23-19-47(20-24-49)16-15-46-17-21-48(22-18-46)29-7-9-30(10-8-29)50-14-13-35(53)44-40(50)55/h7-12,25-26,31H,3-6,13-24H2,1-2H3,(H,44,53,55)(H,41,42,43,45). The Hall–Kier alpha value is -5.41. The Labute approximate surface area is 320 Å². The summed E-state index contributed by atoms with van der Waals surface area (Å²) < 4.78 is 1.73. The second-order valence-electron chi connectivity index (χ2n) is 15.1. The molecular weight excluding hydrogens is 699 g/mol. The predicted molar refractivity (Wildman–Crippen MR) is 213 cm³/mol. The summed E-state index contributed by atoms with van der Waals surface area (Å²) in [7, 11) is 0. The third-order valence-corrected chi connectivity index (χ3v) is 11.7. The average Bonchev–Trinajstić information content (AvgIpc) is 3.73. The van der Waals surface area contributed by atoms with Crippen LogP contribution < -0.4 is 30.9 Å². The van der Waals surface area contributed by atoms with Crippen molar-refractivity contribution in [1.29, 1.82) is 0 Å². The third kappa shape index (κ3) is 7.76. The topological polar surface area (TPSA) is 152 Å². The quantitative estimate of drug-likeness (QED) is 0.226. The lowest BCUT2D eigenvalue weighted by Gasteiger charge is -2.39. The monoisotopic (exact) mass is 747 g/mol. The van der Waals surface area contributed by atoms with Crippen LogP contribution in [0, 0.1) is 6.92 Å². The van der Waals surface area contributed by atoms with Gasteiger partial charge >= 0.3 is 6.03 Å². The number of benzene rings is 1. The largest absolute Gasteiger partial charge is 0.369 e. The van der Waals surface area contributed by atoms with Gasteiger partial charge in [0, 0.05) is 107 Å². The van der Waals surface area contributed by atoms with Crippen LogP contribution in [-0.2, 0) is 4.79 Å². The molecule has 3 aliphatic heterocycles. The lowest BCUT2D eigenvalue weighted by atomic mass is 10.0. The van der Waals surface area contributed by atoms with Crippen molar-refractivity contribution in [2.45, 2.75) is 52.0 Å². The number of aryl methyl sites for hydroxylation is 1. The molecule has 4 fully saturated rings. The number of imide groups is 1. The second kappa shape index (κ2) is 15.7. The Morgan fingerprint density at radius 3 is 2.00 bits per heavy atom. The first-order valence-corrected chi connectivity index (χ1v) is 19.5. The van der Waals surface area contributed by atoms with Crippen molar-refractivity contribution in [1.82, 2.24) is 34.6 Å². The van der Waals surface area contributed by atoms with E-state index in [4.69, 9.17) is 4.98 Å². The van der Waals surface area contributed by atoms with Crippen LogP contribution in [-0.4, -0.2) is 119 Å². The van der Waals surface area contributed by atoms with E-state index < -0.39 is 0 Å². The van der Waals surface area contributed by atoms with Crippen LogP contribution in [0.3, 0.4) is 0 Å². The van der Waals surface area contributed by atoms with E-state index in [9.17, 15) is 19.2 Å². The SMILES string of the molecule is CC(=O)c1c(C)c2cnc(Nc3ccc(N4CCN(CCN5CCN(c6ccc(N7CCC(=O)NC7=O)cc6)CC5)CC4)cn3)nc2n(C2CCCC2)c1=O. The van der Waals surface area contributed by atoms with Gasteiger partial charge in [0.2, 0.25) is 11.9 Å². The molecule has 8 rings (SSSR count). The Balaban J connectivity index is 0.808. The molecule has 0 radical (unpaired) electrons. The lowest BCUT2D eigenvalue weighted by Crippen LogP contribution is -2.51. The molecule has 55 heavy (non-hydrogen) atoms. The van der Waals surface area contributed by atoms with E-state index in [1.165, 1.54) is 6.92 Å². The number of ketones is 1. The smallest absolute Gasteiger partial charge is 0.328 e.